The van der Waals surface area contributed by atoms with Gasteiger partial charge in [-0.05, 0) is 36.9 Å². The van der Waals surface area contributed by atoms with E-state index in [1.807, 2.05) is 24.3 Å². The first-order chi connectivity index (χ1) is 13.7. The van der Waals surface area contributed by atoms with E-state index in [0.29, 0.717) is 30.1 Å². The summed E-state index contributed by atoms with van der Waals surface area (Å²) in [4.78, 5) is 6.01. The Morgan fingerprint density at radius 3 is 2.89 bits per heavy atom. The van der Waals surface area contributed by atoms with Gasteiger partial charge in [-0.3, -0.25) is 0 Å². The predicted octanol–water partition coefficient (Wildman–Crippen LogP) is 5.07. The number of nitrogens with zero attached hydrogens (tertiary/aromatic N) is 1. The molecule has 0 bridgehead atoms. The van der Waals surface area contributed by atoms with Gasteiger partial charge in [0.2, 0.25) is 5.88 Å². The molecule has 0 spiro atoms. The van der Waals surface area contributed by atoms with Crippen molar-refractivity contribution in [3.63, 3.8) is 0 Å². The summed E-state index contributed by atoms with van der Waals surface area (Å²) in [5.74, 6) is 0.650. The minimum Gasteiger partial charge on any atom is -0.472 e. The van der Waals surface area contributed by atoms with Crippen LogP contribution in [0.2, 0.25) is 5.02 Å². The highest BCUT2D eigenvalue weighted by molar-refractivity contribution is 7.98. The van der Waals surface area contributed by atoms with E-state index < -0.39 is 0 Å². The monoisotopic (exact) mass is 414 g/mol. The third-order valence-electron chi connectivity index (χ3n) is 4.90. The average Bonchev–Trinajstić information content (AvgIpc) is 3.24. The standard InChI is InChI=1S/C22H23ClN2O2S/c1-28-19-7-6-15-10-17(12-24-18-8-9-26-14-18)22(25-21(15)11-19)27-13-16-4-2-3-5-20(16)23/h2-7,10-11,18,24H,8-9,12-14H2,1H3. The summed E-state index contributed by atoms with van der Waals surface area (Å²) in [5.41, 5.74) is 2.93. The van der Waals surface area contributed by atoms with Crippen molar-refractivity contribution in [2.24, 2.45) is 0 Å². The number of aromatic nitrogens is 1. The number of ether oxygens (including phenoxy) is 2. The first-order valence-corrected chi connectivity index (χ1v) is 11.0. The van der Waals surface area contributed by atoms with Crippen LogP contribution in [0.25, 0.3) is 10.9 Å². The lowest BCUT2D eigenvalue weighted by atomic mass is 10.1. The van der Waals surface area contributed by atoms with Crippen LogP contribution in [0.3, 0.4) is 0 Å². The van der Waals surface area contributed by atoms with Gasteiger partial charge in [-0.2, -0.15) is 0 Å². The summed E-state index contributed by atoms with van der Waals surface area (Å²) in [6.45, 7) is 2.66. The molecule has 1 fully saturated rings. The summed E-state index contributed by atoms with van der Waals surface area (Å²) in [5, 5.41) is 5.38. The quantitative estimate of drug-likeness (QED) is 0.547. The molecule has 6 heteroatoms. The maximum absolute atomic E-state index is 6.28. The lowest BCUT2D eigenvalue weighted by Gasteiger charge is -2.15. The number of rotatable bonds is 7. The number of benzene rings is 2. The molecule has 4 rings (SSSR count). The number of pyridine rings is 1. The Morgan fingerprint density at radius 2 is 2.11 bits per heavy atom. The van der Waals surface area contributed by atoms with E-state index in [1.165, 1.54) is 4.90 Å². The van der Waals surface area contributed by atoms with Crippen LogP contribution in [0.4, 0.5) is 0 Å². The molecule has 2 heterocycles. The number of thioether (sulfide) groups is 1. The van der Waals surface area contributed by atoms with Gasteiger partial charge in [-0.25, -0.2) is 4.98 Å². The van der Waals surface area contributed by atoms with Crippen LogP contribution < -0.4 is 10.1 Å². The molecule has 1 aromatic heterocycles. The second kappa shape index (κ2) is 9.14. The maximum atomic E-state index is 6.28. The van der Waals surface area contributed by atoms with Gasteiger partial charge in [-0.15, -0.1) is 11.8 Å². The first-order valence-electron chi connectivity index (χ1n) is 9.38. The van der Waals surface area contributed by atoms with Crippen molar-refractivity contribution in [3.05, 3.63) is 64.7 Å². The van der Waals surface area contributed by atoms with E-state index in [0.717, 1.165) is 41.7 Å². The molecule has 0 amide bonds. The van der Waals surface area contributed by atoms with Crippen LogP contribution in [0.1, 0.15) is 17.5 Å². The Balaban J connectivity index is 1.61. The summed E-state index contributed by atoms with van der Waals surface area (Å²) in [6, 6.07) is 16.6. The van der Waals surface area contributed by atoms with Crippen molar-refractivity contribution in [3.8, 4) is 5.88 Å². The van der Waals surface area contributed by atoms with Crippen LogP contribution in [0.5, 0.6) is 5.88 Å². The van der Waals surface area contributed by atoms with Gasteiger partial charge in [-0.1, -0.05) is 35.9 Å². The second-order valence-corrected chi connectivity index (χ2v) is 8.12. The van der Waals surface area contributed by atoms with Gasteiger partial charge in [0.15, 0.2) is 0 Å². The average molecular weight is 415 g/mol. The van der Waals surface area contributed by atoms with Crippen molar-refractivity contribution in [2.75, 3.05) is 19.5 Å². The van der Waals surface area contributed by atoms with Crippen molar-refractivity contribution < 1.29 is 9.47 Å². The predicted molar refractivity (Wildman–Crippen MR) is 115 cm³/mol. The first kappa shape index (κ1) is 19.5. The molecule has 1 saturated heterocycles. The highest BCUT2D eigenvalue weighted by atomic mass is 35.5. The van der Waals surface area contributed by atoms with E-state index in [9.17, 15) is 0 Å². The van der Waals surface area contributed by atoms with E-state index in [2.05, 4.69) is 35.8 Å². The Bertz CT molecular complexity index is 960. The zero-order valence-corrected chi connectivity index (χ0v) is 17.4. The number of hydrogen-bond donors (Lipinski definition) is 1. The SMILES string of the molecule is CSc1ccc2cc(CNC3CCOC3)c(OCc3ccccc3Cl)nc2c1. The zero-order chi connectivity index (χ0) is 19.3. The Hall–Kier alpha value is -1.79. The Kier molecular flexibility index (Phi) is 6.37. The molecule has 1 aliphatic rings. The molecular formula is C22H23ClN2O2S. The van der Waals surface area contributed by atoms with Crippen LogP contribution in [-0.2, 0) is 17.9 Å². The molecule has 0 saturated carbocycles. The van der Waals surface area contributed by atoms with Gasteiger partial charge < -0.3 is 14.8 Å². The van der Waals surface area contributed by atoms with Crippen molar-refractivity contribution in [2.45, 2.75) is 30.5 Å². The van der Waals surface area contributed by atoms with E-state index in [1.54, 1.807) is 11.8 Å². The molecule has 28 heavy (non-hydrogen) atoms. The fraction of sp³-hybridized carbons (Fsp3) is 0.318. The molecular weight excluding hydrogens is 392 g/mol. The van der Waals surface area contributed by atoms with E-state index in [4.69, 9.17) is 26.1 Å². The maximum Gasteiger partial charge on any atom is 0.218 e. The molecule has 1 N–H and O–H groups in total. The number of hydrogen-bond acceptors (Lipinski definition) is 5. The fourth-order valence-corrected chi connectivity index (χ4v) is 3.89. The molecule has 146 valence electrons. The lowest BCUT2D eigenvalue weighted by molar-refractivity contribution is 0.189. The van der Waals surface area contributed by atoms with Crippen molar-refractivity contribution in [1.29, 1.82) is 0 Å². The molecule has 1 atom stereocenters. The Morgan fingerprint density at radius 1 is 1.21 bits per heavy atom. The number of nitrogens with one attached hydrogen (secondary N) is 1. The third-order valence-corrected chi connectivity index (χ3v) is 5.99. The summed E-state index contributed by atoms with van der Waals surface area (Å²) < 4.78 is 11.6. The van der Waals surface area contributed by atoms with Gasteiger partial charge in [0.05, 0.1) is 12.1 Å². The highest BCUT2D eigenvalue weighted by Gasteiger charge is 2.17. The lowest BCUT2D eigenvalue weighted by Crippen LogP contribution is -2.28. The normalized spacial score (nSPS) is 16.6. The molecule has 3 aromatic rings. The van der Waals surface area contributed by atoms with Crippen LogP contribution >= 0.6 is 23.4 Å². The number of fused-ring (bicyclic) bond motifs is 1. The molecule has 0 radical (unpaired) electrons. The summed E-state index contributed by atoms with van der Waals surface area (Å²) in [7, 11) is 0. The van der Waals surface area contributed by atoms with Crippen LogP contribution in [0, 0.1) is 0 Å². The largest absolute Gasteiger partial charge is 0.472 e. The van der Waals surface area contributed by atoms with Gasteiger partial charge >= 0.3 is 0 Å². The minimum absolute atomic E-state index is 0.381. The fourth-order valence-electron chi connectivity index (χ4n) is 3.26. The van der Waals surface area contributed by atoms with Crippen LogP contribution in [0.15, 0.2) is 53.4 Å². The van der Waals surface area contributed by atoms with Crippen molar-refractivity contribution >= 4 is 34.3 Å². The highest BCUT2D eigenvalue weighted by Crippen LogP contribution is 2.27. The molecule has 0 aliphatic carbocycles. The third kappa shape index (κ3) is 4.61. The molecule has 2 aromatic carbocycles. The van der Waals surface area contributed by atoms with Crippen LogP contribution in [-0.4, -0.2) is 30.5 Å². The molecule has 1 unspecified atom stereocenters. The van der Waals surface area contributed by atoms with Gasteiger partial charge in [0.1, 0.15) is 6.61 Å². The molecule has 1 aliphatic heterocycles. The van der Waals surface area contributed by atoms with E-state index >= 15 is 0 Å². The van der Waals surface area contributed by atoms with Gasteiger partial charge in [0.25, 0.3) is 0 Å². The second-order valence-electron chi connectivity index (χ2n) is 6.83. The minimum atomic E-state index is 0.381. The van der Waals surface area contributed by atoms with Gasteiger partial charge in [0, 0.05) is 45.6 Å². The molecule has 4 nitrogen and oxygen atoms in total. The Labute approximate surface area is 174 Å². The summed E-state index contributed by atoms with van der Waals surface area (Å²) >= 11 is 7.99. The summed E-state index contributed by atoms with van der Waals surface area (Å²) in [6.07, 6.45) is 3.10. The topological polar surface area (TPSA) is 43.4 Å². The van der Waals surface area contributed by atoms with Crippen molar-refractivity contribution in [1.82, 2.24) is 10.3 Å². The smallest absolute Gasteiger partial charge is 0.218 e. The van der Waals surface area contributed by atoms with E-state index in [-0.39, 0.29) is 0 Å². The zero-order valence-electron chi connectivity index (χ0n) is 15.8. The number of halogens is 1.